The molecule has 2 aromatic rings. The summed E-state index contributed by atoms with van der Waals surface area (Å²) in [7, 11) is 1.89. The lowest BCUT2D eigenvalue weighted by atomic mass is 10.2. The first-order valence-corrected chi connectivity index (χ1v) is 7.38. The molecule has 0 aromatic carbocycles. The molecule has 1 aliphatic rings. The van der Waals surface area contributed by atoms with Crippen LogP contribution in [0.2, 0.25) is 0 Å². The highest BCUT2D eigenvalue weighted by Crippen LogP contribution is 2.30. The Morgan fingerprint density at radius 3 is 2.95 bits per heavy atom. The maximum absolute atomic E-state index is 10.8. The van der Waals surface area contributed by atoms with E-state index in [0.29, 0.717) is 12.4 Å². The number of carboxylic acids is 1. The Hall–Kier alpha value is -2.50. The van der Waals surface area contributed by atoms with Gasteiger partial charge in [0.05, 0.1) is 6.42 Å². The van der Waals surface area contributed by atoms with Gasteiger partial charge in [-0.3, -0.25) is 9.78 Å². The third-order valence-corrected chi connectivity index (χ3v) is 3.85. The number of anilines is 1. The highest BCUT2D eigenvalue weighted by molar-refractivity contribution is 5.68. The molecule has 0 radical (unpaired) electrons. The molecule has 0 unspecified atom stereocenters. The molecule has 0 aliphatic heterocycles. The molecule has 0 spiro atoms. The summed E-state index contributed by atoms with van der Waals surface area (Å²) in [6, 6.07) is 3.80. The van der Waals surface area contributed by atoms with Gasteiger partial charge in [-0.1, -0.05) is 0 Å². The van der Waals surface area contributed by atoms with Gasteiger partial charge in [0.15, 0.2) is 5.82 Å². The van der Waals surface area contributed by atoms with Crippen LogP contribution in [0, 0.1) is 0 Å². The normalized spacial score (nSPS) is 13.0. The maximum Gasteiger partial charge on any atom is 0.305 e. The van der Waals surface area contributed by atoms with E-state index in [0.717, 1.165) is 41.9 Å². The average molecular weight is 298 g/mol. The summed E-state index contributed by atoms with van der Waals surface area (Å²) < 4.78 is 0. The molecule has 22 heavy (non-hydrogen) atoms. The molecule has 0 amide bonds. The van der Waals surface area contributed by atoms with Crippen molar-refractivity contribution in [1.82, 2.24) is 15.0 Å². The molecule has 1 aliphatic carbocycles. The van der Waals surface area contributed by atoms with Crippen LogP contribution >= 0.6 is 0 Å². The molecule has 0 saturated carbocycles. The molecule has 0 atom stereocenters. The average Bonchev–Trinajstić information content (AvgIpc) is 3.01. The predicted octanol–water partition coefficient (Wildman–Crippen LogP) is 1.94. The summed E-state index contributed by atoms with van der Waals surface area (Å²) in [4.78, 5) is 26.2. The lowest BCUT2D eigenvalue weighted by Gasteiger charge is -2.21. The van der Waals surface area contributed by atoms with Crippen molar-refractivity contribution < 1.29 is 9.90 Å². The Morgan fingerprint density at radius 1 is 1.36 bits per heavy atom. The van der Waals surface area contributed by atoms with Gasteiger partial charge in [0.2, 0.25) is 0 Å². The second-order valence-corrected chi connectivity index (χ2v) is 5.46. The van der Waals surface area contributed by atoms with E-state index < -0.39 is 5.97 Å². The number of nitrogens with zero attached hydrogens (tertiary/aromatic N) is 4. The Labute approximate surface area is 128 Å². The number of carbonyl (C=O) groups is 1. The Balaban J connectivity index is 1.98. The zero-order valence-corrected chi connectivity index (χ0v) is 12.5. The van der Waals surface area contributed by atoms with Gasteiger partial charge in [-0.05, 0) is 31.4 Å². The molecule has 6 nitrogen and oxygen atoms in total. The first-order chi connectivity index (χ1) is 10.6. The van der Waals surface area contributed by atoms with Crippen molar-refractivity contribution in [2.75, 3.05) is 18.5 Å². The van der Waals surface area contributed by atoms with Crippen molar-refractivity contribution >= 4 is 11.8 Å². The van der Waals surface area contributed by atoms with Gasteiger partial charge in [0.1, 0.15) is 5.82 Å². The van der Waals surface area contributed by atoms with Crippen LogP contribution in [0.5, 0.6) is 0 Å². The molecular formula is C16H18N4O2. The molecule has 0 saturated heterocycles. The minimum absolute atomic E-state index is 0.0947. The SMILES string of the molecule is CN(CCC(=O)O)c1nc(-c2cccnc2)nc2c1CCC2. The van der Waals surface area contributed by atoms with E-state index in [4.69, 9.17) is 5.11 Å². The minimum Gasteiger partial charge on any atom is -0.481 e. The second kappa shape index (κ2) is 6.09. The monoisotopic (exact) mass is 298 g/mol. The highest BCUT2D eigenvalue weighted by Gasteiger charge is 2.22. The van der Waals surface area contributed by atoms with Gasteiger partial charge in [-0.25, -0.2) is 9.97 Å². The molecule has 3 rings (SSSR count). The smallest absolute Gasteiger partial charge is 0.305 e. The fraction of sp³-hybridized carbons (Fsp3) is 0.375. The lowest BCUT2D eigenvalue weighted by Crippen LogP contribution is -2.24. The van der Waals surface area contributed by atoms with Crippen LogP contribution in [-0.4, -0.2) is 39.6 Å². The lowest BCUT2D eigenvalue weighted by molar-refractivity contribution is -0.136. The standard InChI is InChI=1S/C16H18N4O2/c1-20(9-7-14(21)22)16-12-5-2-6-13(12)18-15(19-16)11-4-3-8-17-10-11/h3-4,8,10H,2,5-7,9H2,1H3,(H,21,22). The molecule has 2 heterocycles. The maximum atomic E-state index is 10.8. The summed E-state index contributed by atoms with van der Waals surface area (Å²) in [5.74, 6) is 0.707. The molecule has 0 fully saturated rings. The molecule has 1 N–H and O–H groups in total. The van der Waals surface area contributed by atoms with Crippen molar-refractivity contribution in [2.24, 2.45) is 0 Å². The van der Waals surface area contributed by atoms with Crippen LogP contribution in [0.25, 0.3) is 11.4 Å². The zero-order valence-electron chi connectivity index (χ0n) is 12.5. The summed E-state index contributed by atoms with van der Waals surface area (Å²) in [6.45, 7) is 0.436. The molecule has 2 aromatic heterocycles. The van der Waals surface area contributed by atoms with Crippen molar-refractivity contribution in [3.05, 3.63) is 35.8 Å². The number of aryl methyl sites for hydroxylation is 1. The van der Waals surface area contributed by atoms with Gasteiger partial charge in [-0.15, -0.1) is 0 Å². The molecule has 6 heteroatoms. The third-order valence-electron chi connectivity index (χ3n) is 3.85. The van der Waals surface area contributed by atoms with Crippen LogP contribution < -0.4 is 4.90 Å². The summed E-state index contributed by atoms with van der Waals surface area (Å²) in [6.07, 6.45) is 6.53. The van der Waals surface area contributed by atoms with E-state index in [1.165, 1.54) is 0 Å². The van der Waals surface area contributed by atoms with E-state index in [2.05, 4.69) is 15.0 Å². The number of hydrogen-bond donors (Lipinski definition) is 1. The van der Waals surface area contributed by atoms with Crippen molar-refractivity contribution in [3.63, 3.8) is 0 Å². The van der Waals surface area contributed by atoms with Gasteiger partial charge >= 0.3 is 5.97 Å². The predicted molar refractivity (Wildman–Crippen MR) is 82.8 cm³/mol. The Morgan fingerprint density at radius 2 is 2.23 bits per heavy atom. The van der Waals surface area contributed by atoms with Gasteiger partial charge in [0.25, 0.3) is 0 Å². The zero-order chi connectivity index (χ0) is 15.5. The van der Waals surface area contributed by atoms with E-state index >= 15 is 0 Å². The third kappa shape index (κ3) is 2.90. The summed E-state index contributed by atoms with van der Waals surface area (Å²) >= 11 is 0. The van der Waals surface area contributed by atoms with E-state index in [1.54, 1.807) is 12.4 Å². The number of aromatic nitrogens is 3. The van der Waals surface area contributed by atoms with Gasteiger partial charge in [-0.2, -0.15) is 0 Å². The van der Waals surface area contributed by atoms with Crippen LogP contribution in [0.3, 0.4) is 0 Å². The fourth-order valence-electron chi connectivity index (χ4n) is 2.72. The number of fused-ring (bicyclic) bond motifs is 1. The van der Waals surface area contributed by atoms with Crippen LogP contribution in [-0.2, 0) is 17.6 Å². The first kappa shape index (κ1) is 14.4. The topological polar surface area (TPSA) is 79.2 Å². The molecular weight excluding hydrogens is 280 g/mol. The fourth-order valence-corrected chi connectivity index (χ4v) is 2.72. The quantitative estimate of drug-likeness (QED) is 0.908. The highest BCUT2D eigenvalue weighted by atomic mass is 16.4. The number of rotatable bonds is 5. The number of aliphatic carboxylic acids is 1. The van der Waals surface area contributed by atoms with Crippen LogP contribution in [0.4, 0.5) is 5.82 Å². The van der Waals surface area contributed by atoms with Crippen LogP contribution in [0.15, 0.2) is 24.5 Å². The second-order valence-electron chi connectivity index (χ2n) is 5.46. The minimum atomic E-state index is -0.801. The van der Waals surface area contributed by atoms with E-state index in [1.807, 2.05) is 24.1 Å². The number of pyridine rings is 1. The summed E-state index contributed by atoms with van der Waals surface area (Å²) in [5, 5.41) is 8.87. The Kier molecular flexibility index (Phi) is 4.00. The van der Waals surface area contributed by atoms with Crippen LogP contribution in [0.1, 0.15) is 24.1 Å². The van der Waals surface area contributed by atoms with Crippen molar-refractivity contribution in [3.8, 4) is 11.4 Å². The molecule has 114 valence electrons. The largest absolute Gasteiger partial charge is 0.481 e. The number of hydrogen-bond acceptors (Lipinski definition) is 5. The Bertz CT molecular complexity index is 688. The summed E-state index contributed by atoms with van der Waals surface area (Å²) in [5.41, 5.74) is 3.11. The van der Waals surface area contributed by atoms with E-state index in [9.17, 15) is 4.79 Å². The molecule has 0 bridgehead atoms. The van der Waals surface area contributed by atoms with Gasteiger partial charge in [0, 0.05) is 42.8 Å². The van der Waals surface area contributed by atoms with E-state index in [-0.39, 0.29) is 6.42 Å². The van der Waals surface area contributed by atoms with Crippen molar-refractivity contribution in [1.29, 1.82) is 0 Å². The first-order valence-electron chi connectivity index (χ1n) is 7.38. The van der Waals surface area contributed by atoms with Gasteiger partial charge < -0.3 is 10.0 Å². The number of carboxylic acid groups (broad SMARTS) is 1. The van der Waals surface area contributed by atoms with Crippen molar-refractivity contribution in [2.45, 2.75) is 25.7 Å².